The highest BCUT2D eigenvalue weighted by Gasteiger charge is 2.38. The van der Waals surface area contributed by atoms with E-state index in [2.05, 4.69) is 31.6 Å². The van der Waals surface area contributed by atoms with Gasteiger partial charge in [-0.15, -0.1) is 0 Å². The van der Waals surface area contributed by atoms with Crippen LogP contribution in [-0.4, -0.2) is 108 Å². The average molecular weight is 718 g/mol. The van der Waals surface area contributed by atoms with E-state index < -0.39 is 84.8 Å². The van der Waals surface area contributed by atoms with Crippen molar-refractivity contribution in [3.63, 3.8) is 0 Å². The number of benzene rings is 1. The number of carboxylic acid groups (broad SMARTS) is 2. The fourth-order valence-corrected chi connectivity index (χ4v) is 4.33. The number of nitrogens with zero attached hydrogens (tertiary/aromatic N) is 1. The number of amides is 5. The third kappa shape index (κ3) is 17.1. The number of carbonyl (C=O) groups is 7. The standard InChI is InChI=1S/C27H41N9O7.C2HF3O2/c28-11-5-4-9-18-24(41)34-17(10-6-12-31-27(29)30)23(40)32-15-21(37)33-20(14-22(38)39)26(43)36-19(25(42)35-18)13-16-7-2-1-3-8-16;3-2(4,5)1(6)7/h1-3,7-8,17-20H,4-6,9-15,28H2,(H,32,40)(H,33,37)(H,34,41)(H,35,42)(H,36,43)(H,38,39)(H4,29,30,31);(H,6,7)/t17-,18-,19+,20-;/m0./s1. The molecule has 0 unspecified atom stereocenters. The van der Waals surface area contributed by atoms with Crippen molar-refractivity contribution in [3.05, 3.63) is 35.9 Å². The second-order valence-corrected chi connectivity index (χ2v) is 10.8. The summed E-state index contributed by atoms with van der Waals surface area (Å²) in [6, 6.07) is 3.75. The first-order valence-electron chi connectivity index (χ1n) is 15.2. The van der Waals surface area contributed by atoms with Gasteiger partial charge in [-0.2, -0.15) is 13.2 Å². The van der Waals surface area contributed by atoms with Gasteiger partial charge in [0.15, 0.2) is 5.96 Å². The molecular weight excluding hydrogens is 675 g/mol. The summed E-state index contributed by atoms with van der Waals surface area (Å²) in [4.78, 5) is 90.0. The van der Waals surface area contributed by atoms with Crippen LogP contribution in [0.4, 0.5) is 13.2 Å². The molecule has 0 saturated carbocycles. The van der Waals surface area contributed by atoms with Gasteiger partial charge in [-0.3, -0.25) is 33.8 Å². The van der Waals surface area contributed by atoms with Gasteiger partial charge in [-0.05, 0) is 44.2 Å². The number of aliphatic carboxylic acids is 2. The SMILES string of the molecule is NCCCC[C@@H]1NC(=O)[C@@H](Cc2ccccc2)NC(=O)[C@H](CC(=O)O)NC(=O)CNC(=O)[C@H](CCCN=C(N)N)NC1=O.O=C(O)C(F)(F)F. The van der Waals surface area contributed by atoms with Gasteiger partial charge >= 0.3 is 18.1 Å². The van der Waals surface area contributed by atoms with Gasteiger partial charge in [0.25, 0.3) is 0 Å². The molecule has 4 atom stereocenters. The first kappa shape index (κ1) is 42.6. The molecule has 1 aromatic carbocycles. The molecule has 1 saturated heterocycles. The fraction of sp³-hybridized carbons (Fsp3) is 0.517. The van der Waals surface area contributed by atoms with Gasteiger partial charge in [-0.1, -0.05) is 30.3 Å². The molecule has 50 heavy (non-hydrogen) atoms. The van der Waals surface area contributed by atoms with Crippen LogP contribution < -0.4 is 43.8 Å². The maximum atomic E-state index is 13.6. The molecule has 21 heteroatoms. The van der Waals surface area contributed by atoms with E-state index in [1.54, 1.807) is 30.3 Å². The topological polar surface area (TPSA) is 311 Å². The number of nitrogens with one attached hydrogen (secondary N) is 5. The van der Waals surface area contributed by atoms with Gasteiger partial charge in [0.1, 0.15) is 24.2 Å². The largest absolute Gasteiger partial charge is 0.490 e. The first-order valence-corrected chi connectivity index (χ1v) is 15.2. The Morgan fingerprint density at radius 1 is 0.780 bits per heavy atom. The maximum Gasteiger partial charge on any atom is 0.490 e. The summed E-state index contributed by atoms with van der Waals surface area (Å²) in [5.74, 6) is -8.12. The number of alkyl halides is 3. The third-order valence-corrected chi connectivity index (χ3v) is 6.77. The minimum atomic E-state index is -5.08. The molecule has 0 bridgehead atoms. The minimum absolute atomic E-state index is 0.0107. The summed E-state index contributed by atoms with van der Waals surface area (Å²) in [6.45, 7) is -0.0746. The van der Waals surface area contributed by atoms with E-state index in [9.17, 15) is 47.0 Å². The van der Waals surface area contributed by atoms with E-state index in [0.717, 1.165) is 0 Å². The predicted molar refractivity (Wildman–Crippen MR) is 170 cm³/mol. The summed E-state index contributed by atoms with van der Waals surface area (Å²) < 4.78 is 31.7. The lowest BCUT2D eigenvalue weighted by Crippen LogP contribution is -2.58. The van der Waals surface area contributed by atoms with Crippen molar-refractivity contribution in [1.82, 2.24) is 26.6 Å². The van der Waals surface area contributed by atoms with Crippen molar-refractivity contribution < 1.29 is 56.9 Å². The molecule has 1 aliphatic rings. The van der Waals surface area contributed by atoms with E-state index in [0.29, 0.717) is 31.4 Å². The zero-order valence-electron chi connectivity index (χ0n) is 26.8. The molecule has 5 amide bonds. The van der Waals surface area contributed by atoms with Gasteiger partial charge < -0.3 is 54.0 Å². The maximum absolute atomic E-state index is 13.6. The normalized spacial score (nSPS) is 20.5. The Hall–Kier alpha value is -5.47. The van der Waals surface area contributed by atoms with E-state index >= 15 is 0 Å². The smallest absolute Gasteiger partial charge is 0.481 e. The summed E-state index contributed by atoms with van der Waals surface area (Å²) in [6.07, 6.45) is -4.23. The Balaban J connectivity index is 0.00000161. The lowest BCUT2D eigenvalue weighted by atomic mass is 10.0. The molecule has 0 aliphatic carbocycles. The van der Waals surface area contributed by atoms with Gasteiger partial charge in [0, 0.05) is 13.0 Å². The first-order chi connectivity index (χ1) is 23.4. The number of carbonyl (C=O) groups excluding carboxylic acids is 5. The molecular formula is C29H42F3N9O9. The highest BCUT2D eigenvalue weighted by molar-refractivity contribution is 5.98. The van der Waals surface area contributed by atoms with Gasteiger partial charge in [0.2, 0.25) is 29.5 Å². The summed E-state index contributed by atoms with van der Waals surface area (Å²) in [7, 11) is 0. The molecule has 278 valence electrons. The second kappa shape index (κ2) is 21.5. The average Bonchev–Trinajstić information content (AvgIpc) is 3.03. The zero-order chi connectivity index (χ0) is 37.9. The van der Waals surface area contributed by atoms with Crippen molar-refractivity contribution in [1.29, 1.82) is 0 Å². The van der Waals surface area contributed by atoms with Crippen LogP contribution in [0.25, 0.3) is 0 Å². The number of unbranched alkanes of at least 4 members (excludes halogenated alkanes) is 1. The molecule has 1 heterocycles. The zero-order valence-corrected chi connectivity index (χ0v) is 26.8. The number of aliphatic imine (C=N–C) groups is 1. The number of nitrogens with two attached hydrogens (primary N) is 3. The molecule has 1 aliphatic heterocycles. The minimum Gasteiger partial charge on any atom is -0.481 e. The number of rotatable bonds is 12. The van der Waals surface area contributed by atoms with Crippen LogP contribution in [0.3, 0.4) is 0 Å². The Morgan fingerprint density at radius 3 is 1.84 bits per heavy atom. The summed E-state index contributed by atoms with van der Waals surface area (Å²) in [5, 5.41) is 29.0. The van der Waals surface area contributed by atoms with Crippen LogP contribution >= 0.6 is 0 Å². The summed E-state index contributed by atoms with van der Waals surface area (Å²) >= 11 is 0. The van der Waals surface area contributed by atoms with Crippen LogP contribution in [0.1, 0.15) is 44.1 Å². The quantitative estimate of drug-likeness (QED) is 0.0614. The molecule has 2 rings (SSSR count). The van der Waals surface area contributed by atoms with E-state index in [4.69, 9.17) is 27.1 Å². The Bertz CT molecular complexity index is 1360. The number of hydrogen-bond acceptors (Lipinski definition) is 9. The third-order valence-electron chi connectivity index (χ3n) is 6.77. The van der Waals surface area contributed by atoms with Crippen molar-refractivity contribution in [3.8, 4) is 0 Å². The van der Waals surface area contributed by atoms with Crippen molar-refractivity contribution in [2.24, 2.45) is 22.2 Å². The van der Waals surface area contributed by atoms with E-state index in [1.807, 2.05) is 0 Å². The Kier molecular flexibility index (Phi) is 18.3. The van der Waals surface area contributed by atoms with Crippen molar-refractivity contribution >= 4 is 47.4 Å². The molecule has 1 aromatic rings. The second-order valence-electron chi connectivity index (χ2n) is 10.8. The van der Waals surface area contributed by atoms with Crippen LogP contribution in [0, 0.1) is 0 Å². The molecule has 18 nitrogen and oxygen atoms in total. The van der Waals surface area contributed by atoms with Gasteiger partial charge in [-0.25, -0.2) is 4.79 Å². The van der Waals surface area contributed by atoms with Crippen LogP contribution in [0.5, 0.6) is 0 Å². The predicted octanol–water partition coefficient (Wildman–Crippen LogP) is -2.41. The van der Waals surface area contributed by atoms with E-state index in [1.165, 1.54) is 0 Å². The lowest BCUT2D eigenvalue weighted by molar-refractivity contribution is -0.192. The van der Waals surface area contributed by atoms with Crippen molar-refractivity contribution in [2.45, 2.75) is 75.3 Å². The lowest BCUT2D eigenvalue weighted by Gasteiger charge is -2.26. The van der Waals surface area contributed by atoms with Gasteiger partial charge in [0.05, 0.1) is 13.0 Å². The monoisotopic (exact) mass is 717 g/mol. The molecule has 0 radical (unpaired) electrons. The molecule has 0 spiro atoms. The van der Waals surface area contributed by atoms with Crippen LogP contribution in [-0.2, 0) is 40.0 Å². The molecule has 1 fully saturated rings. The number of carboxylic acids is 2. The highest BCUT2D eigenvalue weighted by Crippen LogP contribution is 2.13. The fourth-order valence-electron chi connectivity index (χ4n) is 4.33. The summed E-state index contributed by atoms with van der Waals surface area (Å²) in [5.41, 5.74) is 17.0. The van der Waals surface area contributed by atoms with Crippen molar-refractivity contribution in [2.75, 3.05) is 19.6 Å². The number of guanidine groups is 1. The van der Waals surface area contributed by atoms with E-state index in [-0.39, 0.29) is 31.8 Å². The number of halogens is 3. The Labute approximate surface area is 284 Å². The highest BCUT2D eigenvalue weighted by atomic mass is 19.4. The molecule has 13 N–H and O–H groups in total. The molecule has 0 aromatic heterocycles. The number of hydrogen-bond donors (Lipinski definition) is 10. The Morgan fingerprint density at radius 2 is 1.30 bits per heavy atom. The van der Waals surface area contributed by atoms with Crippen LogP contribution in [0.15, 0.2) is 35.3 Å². The van der Waals surface area contributed by atoms with Crippen LogP contribution in [0.2, 0.25) is 0 Å².